The van der Waals surface area contributed by atoms with Gasteiger partial charge in [-0.2, -0.15) is 0 Å². The van der Waals surface area contributed by atoms with Crippen LogP contribution in [0.2, 0.25) is 0 Å². The second kappa shape index (κ2) is 6.35. The Hall–Kier alpha value is -2.39. The topological polar surface area (TPSA) is 82.1 Å². The van der Waals surface area contributed by atoms with Crippen LogP contribution in [0.25, 0.3) is 11.0 Å². The van der Waals surface area contributed by atoms with Crippen LogP contribution in [-0.2, 0) is 37.1 Å². The van der Waals surface area contributed by atoms with E-state index < -0.39 is 10.0 Å². The molecule has 2 aromatic heterocycles. The van der Waals surface area contributed by atoms with Gasteiger partial charge in [-0.3, -0.25) is 9.13 Å². The number of imidazole rings is 2. The lowest BCUT2D eigenvalue weighted by atomic mass is 10.00. The van der Waals surface area contributed by atoms with E-state index in [1.165, 1.54) is 13.4 Å². The molecule has 0 amide bonds. The molecule has 3 heterocycles. The van der Waals surface area contributed by atoms with Gasteiger partial charge in [-0.25, -0.2) is 22.5 Å². The van der Waals surface area contributed by atoms with Gasteiger partial charge in [-0.05, 0) is 30.5 Å². The highest BCUT2D eigenvalue weighted by atomic mass is 32.2. The number of hydrogen-bond acceptors (Lipinski definition) is 4. The fraction of sp³-hybridized carbons (Fsp3) is 0.444. The fourth-order valence-electron chi connectivity index (χ4n) is 3.87. The first-order chi connectivity index (χ1) is 12.8. The summed E-state index contributed by atoms with van der Waals surface area (Å²) in [6, 6.07) is 4.84. The van der Waals surface area contributed by atoms with Gasteiger partial charge in [0, 0.05) is 53.0 Å². The standard InChI is InChI=1S/C18H23N5O3S/c1-20(11-13-4-7-17-19-8-9-23(17)12-13)27(25,26)14-5-6-15-16(10-14)22(3)18(24)21(15)2/h5-6,8-10,13H,4,7,11-12H2,1-3H3. The molecule has 8 nitrogen and oxygen atoms in total. The third-order valence-corrected chi connectivity index (χ3v) is 7.32. The predicted octanol–water partition coefficient (Wildman–Crippen LogP) is 0.957. The molecule has 0 bridgehead atoms. The van der Waals surface area contributed by atoms with E-state index in [0.717, 1.165) is 25.2 Å². The van der Waals surface area contributed by atoms with Crippen LogP contribution in [0, 0.1) is 5.92 Å². The van der Waals surface area contributed by atoms with Crippen molar-refractivity contribution in [3.05, 3.63) is 46.9 Å². The fourth-order valence-corrected chi connectivity index (χ4v) is 5.14. The Morgan fingerprint density at radius 1 is 1.22 bits per heavy atom. The molecule has 1 atom stereocenters. The van der Waals surface area contributed by atoms with Gasteiger partial charge < -0.3 is 4.57 Å². The Labute approximate surface area is 157 Å². The quantitative estimate of drug-likeness (QED) is 0.665. The highest BCUT2D eigenvalue weighted by Gasteiger charge is 2.27. The summed E-state index contributed by atoms with van der Waals surface area (Å²) in [7, 11) is 1.31. The molecule has 1 aromatic carbocycles. The first kappa shape index (κ1) is 18.0. The van der Waals surface area contributed by atoms with Gasteiger partial charge in [-0.1, -0.05) is 0 Å². The molecule has 0 saturated carbocycles. The summed E-state index contributed by atoms with van der Waals surface area (Å²) in [6.45, 7) is 1.23. The molecular formula is C18H23N5O3S. The average molecular weight is 389 g/mol. The molecule has 27 heavy (non-hydrogen) atoms. The third-order valence-electron chi connectivity index (χ3n) is 5.50. The lowest BCUT2D eigenvalue weighted by Gasteiger charge is -2.27. The van der Waals surface area contributed by atoms with Gasteiger partial charge in [0.05, 0.1) is 15.9 Å². The second-order valence-corrected chi connectivity index (χ2v) is 9.28. The van der Waals surface area contributed by atoms with E-state index in [-0.39, 0.29) is 16.5 Å². The van der Waals surface area contributed by atoms with Crippen molar-refractivity contribution in [1.29, 1.82) is 0 Å². The third kappa shape index (κ3) is 2.90. The van der Waals surface area contributed by atoms with Crippen molar-refractivity contribution in [2.75, 3.05) is 13.6 Å². The molecule has 0 radical (unpaired) electrons. The number of aromatic nitrogens is 4. The molecule has 9 heteroatoms. The van der Waals surface area contributed by atoms with Crippen LogP contribution in [0.15, 0.2) is 40.3 Å². The van der Waals surface area contributed by atoms with Gasteiger partial charge in [0.1, 0.15) is 5.82 Å². The molecule has 3 aromatic rings. The van der Waals surface area contributed by atoms with Crippen LogP contribution in [0.4, 0.5) is 0 Å². The minimum absolute atomic E-state index is 0.175. The molecule has 0 N–H and O–H groups in total. The van der Waals surface area contributed by atoms with Crippen molar-refractivity contribution in [3.8, 4) is 0 Å². The van der Waals surface area contributed by atoms with E-state index in [0.29, 0.717) is 17.6 Å². The minimum atomic E-state index is -3.63. The maximum Gasteiger partial charge on any atom is 0.328 e. The number of sulfonamides is 1. The molecule has 0 fully saturated rings. The zero-order valence-electron chi connectivity index (χ0n) is 15.7. The maximum absolute atomic E-state index is 13.1. The molecule has 1 unspecified atom stereocenters. The summed E-state index contributed by atoms with van der Waals surface area (Å²) < 4.78 is 32.6. The van der Waals surface area contributed by atoms with Crippen molar-refractivity contribution < 1.29 is 8.42 Å². The first-order valence-corrected chi connectivity index (χ1v) is 10.3. The largest absolute Gasteiger partial charge is 0.335 e. The van der Waals surface area contributed by atoms with E-state index in [4.69, 9.17) is 0 Å². The lowest BCUT2D eigenvalue weighted by Crippen LogP contribution is -2.35. The van der Waals surface area contributed by atoms with Gasteiger partial charge >= 0.3 is 5.69 Å². The highest BCUT2D eigenvalue weighted by Crippen LogP contribution is 2.24. The molecular weight excluding hydrogens is 366 g/mol. The Balaban J connectivity index is 1.60. The second-order valence-electron chi connectivity index (χ2n) is 7.24. The van der Waals surface area contributed by atoms with Crippen molar-refractivity contribution in [1.82, 2.24) is 23.0 Å². The van der Waals surface area contributed by atoms with E-state index in [1.54, 1.807) is 45.5 Å². The van der Waals surface area contributed by atoms with Gasteiger partial charge in [-0.15, -0.1) is 0 Å². The van der Waals surface area contributed by atoms with Crippen LogP contribution in [0.3, 0.4) is 0 Å². The zero-order valence-corrected chi connectivity index (χ0v) is 16.5. The Bertz CT molecular complexity index is 1170. The summed E-state index contributed by atoms with van der Waals surface area (Å²) in [6.07, 6.45) is 5.52. The number of benzene rings is 1. The van der Waals surface area contributed by atoms with Crippen molar-refractivity contribution in [2.24, 2.45) is 20.0 Å². The maximum atomic E-state index is 13.1. The lowest BCUT2D eigenvalue weighted by molar-refractivity contribution is 0.303. The number of rotatable bonds is 4. The summed E-state index contributed by atoms with van der Waals surface area (Å²) in [5.41, 5.74) is 1.15. The Morgan fingerprint density at radius 2 is 1.96 bits per heavy atom. The average Bonchev–Trinajstić information content (AvgIpc) is 3.20. The van der Waals surface area contributed by atoms with Crippen LogP contribution >= 0.6 is 0 Å². The number of nitrogens with zero attached hydrogens (tertiary/aromatic N) is 5. The molecule has 0 spiro atoms. The van der Waals surface area contributed by atoms with Gasteiger partial charge in [0.2, 0.25) is 10.0 Å². The summed E-state index contributed by atoms with van der Waals surface area (Å²) in [5, 5.41) is 0. The van der Waals surface area contributed by atoms with E-state index in [9.17, 15) is 13.2 Å². The molecule has 1 aliphatic rings. The van der Waals surface area contributed by atoms with E-state index in [1.807, 2.05) is 6.20 Å². The summed E-state index contributed by atoms with van der Waals surface area (Å²) >= 11 is 0. The number of hydrogen-bond donors (Lipinski definition) is 0. The predicted molar refractivity (Wildman–Crippen MR) is 102 cm³/mol. The minimum Gasteiger partial charge on any atom is -0.335 e. The van der Waals surface area contributed by atoms with Gasteiger partial charge in [0.25, 0.3) is 0 Å². The molecule has 0 aliphatic carbocycles. The highest BCUT2D eigenvalue weighted by molar-refractivity contribution is 7.89. The first-order valence-electron chi connectivity index (χ1n) is 8.91. The summed E-state index contributed by atoms with van der Waals surface area (Å²) in [4.78, 5) is 16.6. The van der Waals surface area contributed by atoms with E-state index in [2.05, 4.69) is 9.55 Å². The van der Waals surface area contributed by atoms with Crippen LogP contribution in [0.5, 0.6) is 0 Å². The SMILES string of the molecule is CN(CC1CCc2nccn2C1)S(=O)(=O)c1ccc2c(c1)n(C)c(=O)n2C. The van der Waals surface area contributed by atoms with Crippen molar-refractivity contribution in [3.63, 3.8) is 0 Å². The monoisotopic (exact) mass is 389 g/mol. The van der Waals surface area contributed by atoms with Gasteiger partial charge in [0.15, 0.2) is 0 Å². The van der Waals surface area contributed by atoms with Crippen LogP contribution in [0.1, 0.15) is 12.2 Å². The van der Waals surface area contributed by atoms with Crippen LogP contribution in [-0.4, -0.2) is 45.0 Å². The smallest absolute Gasteiger partial charge is 0.328 e. The Morgan fingerprint density at radius 3 is 2.74 bits per heavy atom. The molecule has 144 valence electrons. The Kier molecular flexibility index (Phi) is 4.23. The summed E-state index contributed by atoms with van der Waals surface area (Å²) in [5.74, 6) is 1.31. The molecule has 0 saturated heterocycles. The van der Waals surface area contributed by atoms with Crippen molar-refractivity contribution >= 4 is 21.1 Å². The van der Waals surface area contributed by atoms with E-state index >= 15 is 0 Å². The number of fused-ring (bicyclic) bond motifs is 2. The normalized spacial score (nSPS) is 17.6. The van der Waals surface area contributed by atoms with Crippen LogP contribution < -0.4 is 5.69 Å². The van der Waals surface area contributed by atoms with Crippen molar-refractivity contribution in [2.45, 2.75) is 24.3 Å². The zero-order chi connectivity index (χ0) is 19.3. The number of aryl methyl sites for hydroxylation is 3. The molecule has 1 aliphatic heterocycles. The molecule has 4 rings (SSSR count).